The smallest absolute Gasteiger partial charge is 0.0877 e. The van der Waals surface area contributed by atoms with E-state index in [1.165, 1.54) is 5.69 Å². The molecule has 2 fully saturated rings. The molecule has 0 saturated carbocycles. The van der Waals surface area contributed by atoms with Gasteiger partial charge >= 0.3 is 0 Å². The molecule has 122 valence electrons. The number of anilines is 1. The Morgan fingerprint density at radius 3 is 2.64 bits per heavy atom. The first-order chi connectivity index (χ1) is 10.5. The van der Waals surface area contributed by atoms with E-state index in [1.54, 1.807) is 0 Å². The number of likely N-dealkylation sites (N-methyl/N-ethyl adjacent to an activating group) is 1. The molecular weight excluding hydrogens is 274 g/mol. The molecule has 1 atom stereocenters. The highest BCUT2D eigenvalue weighted by atomic mass is 16.5. The first kappa shape index (κ1) is 15.8. The van der Waals surface area contributed by atoms with Crippen LogP contribution in [0, 0.1) is 0 Å². The summed E-state index contributed by atoms with van der Waals surface area (Å²) in [7, 11) is 2.23. The van der Waals surface area contributed by atoms with Crippen molar-refractivity contribution in [1.29, 1.82) is 0 Å². The maximum absolute atomic E-state index is 6.03. The number of rotatable bonds is 3. The Morgan fingerprint density at radius 2 is 1.91 bits per heavy atom. The van der Waals surface area contributed by atoms with Gasteiger partial charge < -0.3 is 9.64 Å². The van der Waals surface area contributed by atoms with Crippen LogP contribution < -0.4 is 4.90 Å². The van der Waals surface area contributed by atoms with Gasteiger partial charge in [-0.3, -0.25) is 9.80 Å². The van der Waals surface area contributed by atoms with E-state index in [4.69, 9.17) is 4.74 Å². The summed E-state index contributed by atoms with van der Waals surface area (Å²) in [4.78, 5) is 7.48. The predicted molar refractivity (Wildman–Crippen MR) is 91.5 cm³/mol. The molecule has 1 aromatic carbocycles. The van der Waals surface area contributed by atoms with Gasteiger partial charge in [-0.25, -0.2) is 0 Å². The van der Waals surface area contributed by atoms with Crippen LogP contribution in [0.25, 0.3) is 0 Å². The molecule has 2 aliphatic heterocycles. The van der Waals surface area contributed by atoms with Crippen molar-refractivity contribution in [2.75, 3.05) is 57.8 Å². The van der Waals surface area contributed by atoms with Crippen molar-refractivity contribution in [3.05, 3.63) is 30.3 Å². The molecule has 2 heterocycles. The number of benzene rings is 1. The summed E-state index contributed by atoms with van der Waals surface area (Å²) in [5.74, 6) is 0. The van der Waals surface area contributed by atoms with Gasteiger partial charge in [0.05, 0.1) is 12.7 Å². The highest BCUT2D eigenvalue weighted by Gasteiger charge is 2.32. The lowest BCUT2D eigenvalue weighted by molar-refractivity contribution is -0.0183. The van der Waals surface area contributed by atoms with Gasteiger partial charge in [-0.05, 0) is 33.0 Å². The Bertz CT molecular complexity index is 476. The average Bonchev–Trinajstić information content (AvgIpc) is 2.52. The molecule has 4 heteroatoms. The molecule has 22 heavy (non-hydrogen) atoms. The normalized spacial score (nSPS) is 27.0. The molecule has 0 bridgehead atoms. The van der Waals surface area contributed by atoms with E-state index in [0.717, 1.165) is 45.9 Å². The number of hydrogen-bond donors (Lipinski definition) is 0. The van der Waals surface area contributed by atoms with Crippen LogP contribution in [0.1, 0.15) is 13.8 Å². The summed E-state index contributed by atoms with van der Waals surface area (Å²) in [6.07, 6.45) is 0.313. The lowest BCUT2D eigenvalue weighted by Gasteiger charge is -2.47. The van der Waals surface area contributed by atoms with Crippen LogP contribution in [0.4, 0.5) is 5.69 Å². The molecule has 4 nitrogen and oxygen atoms in total. The van der Waals surface area contributed by atoms with E-state index >= 15 is 0 Å². The Kier molecular flexibility index (Phi) is 4.71. The van der Waals surface area contributed by atoms with Crippen LogP contribution in [0.15, 0.2) is 30.3 Å². The molecule has 2 saturated heterocycles. The first-order valence-electron chi connectivity index (χ1n) is 8.40. The van der Waals surface area contributed by atoms with Crippen LogP contribution >= 0.6 is 0 Å². The molecule has 2 aliphatic rings. The van der Waals surface area contributed by atoms with E-state index in [-0.39, 0.29) is 5.54 Å². The molecule has 1 unspecified atom stereocenters. The van der Waals surface area contributed by atoms with E-state index in [2.05, 4.69) is 65.9 Å². The summed E-state index contributed by atoms with van der Waals surface area (Å²) in [6, 6.07) is 10.7. The molecule has 0 radical (unpaired) electrons. The Labute approximate surface area is 134 Å². The summed E-state index contributed by atoms with van der Waals surface area (Å²) in [6.45, 7) is 11.9. The zero-order valence-electron chi connectivity index (χ0n) is 14.2. The summed E-state index contributed by atoms with van der Waals surface area (Å²) < 4.78 is 6.03. The van der Waals surface area contributed by atoms with Gasteiger partial charge in [0.15, 0.2) is 0 Å². The van der Waals surface area contributed by atoms with Crippen molar-refractivity contribution >= 4 is 5.69 Å². The zero-order chi connectivity index (χ0) is 15.6. The topological polar surface area (TPSA) is 19.0 Å². The van der Waals surface area contributed by atoms with Gasteiger partial charge in [0.25, 0.3) is 0 Å². The fraction of sp³-hybridized carbons (Fsp3) is 0.667. The molecular formula is C18H29N3O. The second-order valence-corrected chi connectivity index (χ2v) is 7.24. The van der Waals surface area contributed by atoms with E-state index in [9.17, 15) is 0 Å². The van der Waals surface area contributed by atoms with Crippen molar-refractivity contribution in [2.45, 2.75) is 25.5 Å². The van der Waals surface area contributed by atoms with Crippen LogP contribution in [0.5, 0.6) is 0 Å². The van der Waals surface area contributed by atoms with Gasteiger partial charge in [-0.15, -0.1) is 0 Å². The zero-order valence-corrected chi connectivity index (χ0v) is 14.2. The summed E-state index contributed by atoms with van der Waals surface area (Å²) in [5, 5.41) is 0. The minimum atomic E-state index is 0.256. The second kappa shape index (κ2) is 6.57. The van der Waals surface area contributed by atoms with Crippen LogP contribution in [-0.4, -0.2) is 74.4 Å². The molecule has 1 aromatic rings. The minimum absolute atomic E-state index is 0.256. The van der Waals surface area contributed by atoms with Crippen LogP contribution in [0.3, 0.4) is 0 Å². The fourth-order valence-corrected chi connectivity index (χ4v) is 3.49. The van der Waals surface area contributed by atoms with Gasteiger partial charge in [-0.2, -0.15) is 0 Å². The molecule has 0 aromatic heterocycles. The molecule has 0 spiro atoms. The van der Waals surface area contributed by atoms with E-state index in [0.29, 0.717) is 6.10 Å². The number of morpholine rings is 1. The second-order valence-electron chi connectivity index (χ2n) is 7.24. The molecule has 0 aliphatic carbocycles. The number of hydrogen-bond acceptors (Lipinski definition) is 4. The summed E-state index contributed by atoms with van der Waals surface area (Å²) in [5.41, 5.74) is 1.57. The lowest BCUT2D eigenvalue weighted by atomic mass is 9.99. The lowest BCUT2D eigenvalue weighted by Crippen LogP contribution is -2.59. The van der Waals surface area contributed by atoms with Gasteiger partial charge in [0.1, 0.15) is 0 Å². The maximum atomic E-state index is 6.03. The van der Waals surface area contributed by atoms with Crippen molar-refractivity contribution in [3.8, 4) is 0 Å². The number of ether oxygens (including phenoxy) is 1. The fourth-order valence-electron chi connectivity index (χ4n) is 3.49. The van der Waals surface area contributed by atoms with Gasteiger partial charge in [-0.1, -0.05) is 18.2 Å². The Balaban J connectivity index is 1.57. The highest BCUT2D eigenvalue weighted by molar-refractivity contribution is 5.46. The SMILES string of the molecule is CN1CCN(CC2CN(c3ccccc3)CCO2)CC1(C)C. The van der Waals surface area contributed by atoms with E-state index in [1.807, 2.05) is 0 Å². The average molecular weight is 303 g/mol. The monoisotopic (exact) mass is 303 g/mol. The Hall–Kier alpha value is -1.10. The molecule has 0 N–H and O–H groups in total. The van der Waals surface area contributed by atoms with Gasteiger partial charge in [0, 0.05) is 50.5 Å². The highest BCUT2D eigenvalue weighted by Crippen LogP contribution is 2.21. The third-order valence-electron chi connectivity index (χ3n) is 5.12. The molecule has 3 rings (SSSR count). The van der Waals surface area contributed by atoms with Crippen molar-refractivity contribution in [2.24, 2.45) is 0 Å². The minimum Gasteiger partial charge on any atom is -0.373 e. The summed E-state index contributed by atoms with van der Waals surface area (Å²) >= 11 is 0. The van der Waals surface area contributed by atoms with Crippen molar-refractivity contribution < 1.29 is 4.74 Å². The van der Waals surface area contributed by atoms with Gasteiger partial charge in [0.2, 0.25) is 0 Å². The Morgan fingerprint density at radius 1 is 1.14 bits per heavy atom. The number of para-hydroxylation sites is 1. The first-order valence-corrected chi connectivity index (χ1v) is 8.40. The standard InChI is InChI=1S/C18H29N3O/c1-18(2)15-20(10-9-19(18)3)13-17-14-21(11-12-22-17)16-7-5-4-6-8-16/h4-8,17H,9-15H2,1-3H3. The van der Waals surface area contributed by atoms with Crippen molar-refractivity contribution in [3.63, 3.8) is 0 Å². The maximum Gasteiger partial charge on any atom is 0.0877 e. The predicted octanol–water partition coefficient (Wildman–Crippen LogP) is 1.92. The number of nitrogens with zero attached hydrogens (tertiary/aromatic N) is 3. The van der Waals surface area contributed by atoms with Crippen LogP contribution in [-0.2, 0) is 4.74 Å². The molecule has 0 amide bonds. The van der Waals surface area contributed by atoms with E-state index < -0.39 is 0 Å². The quantitative estimate of drug-likeness (QED) is 0.849. The third kappa shape index (κ3) is 3.62. The number of piperazine rings is 1. The van der Waals surface area contributed by atoms with Crippen molar-refractivity contribution in [1.82, 2.24) is 9.80 Å². The third-order valence-corrected chi connectivity index (χ3v) is 5.12. The largest absolute Gasteiger partial charge is 0.373 e. The van der Waals surface area contributed by atoms with Crippen LogP contribution in [0.2, 0.25) is 0 Å².